The molecule has 1 amide bonds. The van der Waals surface area contributed by atoms with Crippen molar-refractivity contribution >= 4 is 33.5 Å². The highest BCUT2D eigenvalue weighted by molar-refractivity contribution is 9.10. The lowest BCUT2D eigenvalue weighted by Crippen LogP contribution is -2.37. The molecule has 104 valence electrons. The van der Waals surface area contributed by atoms with Crippen LogP contribution in [0.4, 0.5) is 5.69 Å². The number of nitrogens with one attached hydrogen (secondary N) is 1. The first-order chi connectivity index (χ1) is 8.90. The van der Waals surface area contributed by atoms with Gasteiger partial charge in [-0.05, 0) is 38.2 Å². The maximum Gasteiger partial charge on any atom is 0.320 e. The quantitative estimate of drug-likeness (QED) is 0.839. The molecular weight excluding hydrogens is 312 g/mol. The third kappa shape index (κ3) is 5.40. The minimum absolute atomic E-state index is 0.133. The highest BCUT2D eigenvalue weighted by atomic mass is 79.9. The van der Waals surface area contributed by atoms with Crippen molar-refractivity contribution in [2.24, 2.45) is 0 Å². The van der Waals surface area contributed by atoms with Gasteiger partial charge in [0, 0.05) is 23.1 Å². The molecule has 1 rings (SSSR count). The van der Waals surface area contributed by atoms with Crippen molar-refractivity contribution in [2.75, 3.05) is 18.9 Å². The van der Waals surface area contributed by atoms with E-state index in [-0.39, 0.29) is 12.3 Å². The van der Waals surface area contributed by atoms with E-state index >= 15 is 0 Å². The summed E-state index contributed by atoms with van der Waals surface area (Å²) in [6, 6.07) is 6.68. The van der Waals surface area contributed by atoms with Gasteiger partial charge in [0.25, 0.3) is 0 Å². The molecule has 0 saturated carbocycles. The molecule has 1 aromatic rings. The smallest absolute Gasteiger partial charge is 0.320 e. The summed E-state index contributed by atoms with van der Waals surface area (Å²) in [6.07, 6.45) is 0.254. The van der Waals surface area contributed by atoms with Gasteiger partial charge in [0.1, 0.15) is 6.04 Å². The fraction of sp³-hybridized carbons (Fsp3) is 0.385. The molecule has 0 aliphatic carbocycles. The largest absolute Gasteiger partial charge is 0.480 e. The van der Waals surface area contributed by atoms with E-state index in [1.807, 2.05) is 12.1 Å². The first kappa shape index (κ1) is 15.7. The van der Waals surface area contributed by atoms with Gasteiger partial charge in [-0.2, -0.15) is 0 Å². The topological polar surface area (TPSA) is 69.6 Å². The van der Waals surface area contributed by atoms with Crippen molar-refractivity contribution < 1.29 is 14.7 Å². The van der Waals surface area contributed by atoms with Gasteiger partial charge in [-0.1, -0.05) is 15.9 Å². The molecule has 0 radical (unpaired) electrons. The molecule has 0 aliphatic heterocycles. The highest BCUT2D eigenvalue weighted by Gasteiger charge is 2.17. The number of carboxylic acids is 1. The number of aliphatic carboxylic acids is 1. The van der Waals surface area contributed by atoms with Gasteiger partial charge in [0.05, 0.1) is 0 Å². The number of halogens is 1. The average Bonchev–Trinajstić information content (AvgIpc) is 2.37. The average molecular weight is 329 g/mol. The first-order valence-corrected chi connectivity index (χ1v) is 6.68. The second-order valence-electron chi connectivity index (χ2n) is 4.30. The van der Waals surface area contributed by atoms with E-state index < -0.39 is 12.0 Å². The van der Waals surface area contributed by atoms with Crippen molar-refractivity contribution in [3.8, 4) is 0 Å². The Morgan fingerprint density at radius 3 is 2.47 bits per heavy atom. The highest BCUT2D eigenvalue weighted by Crippen LogP contribution is 2.14. The molecule has 1 unspecified atom stereocenters. The van der Waals surface area contributed by atoms with E-state index in [0.29, 0.717) is 6.54 Å². The third-order valence-electron chi connectivity index (χ3n) is 2.84. The summed E-state index contributed by atoms with van der Waals surface area (Å²) in [4.78, 5) is 24.1. The molecule has 6 heteroatoms. The molecule has 0 saturated heterocycles. The predicted molar refractivity (Wildman–Crippen MR) is 77.1 cm³/mol. The second kappa shape index (κ2) is 7.25. The van der Waals surface area contributed by atoms with E-state index in [1.165, 1.54) is 0 Å². The molecule has 0 fully saturated rings. The normalized spacial score (nSPS) is 12.2. The predicted octanol–water partition coefficient (Wildman–Crippen LogP) is 2.18. The summed E-state index contributed by atoms with van der Waals surface area (Å²) in [5.74, 6) is -1.03. The van der Waals surface area contributed by atoms with Crippen molar-refractivity contribution in [1.82, 2.24) is 4.90 Å². The van der Waals surface area contributed by atoms with Crippen LogP contribution in [0.2, 0.25) is 0 Å². The van der Waals surface area contributed by atoms with Crippen LogP contribution in [0.5, 0.6) is 0 Å². The minimum Gasteiger partial charge on any atom is -0.480 e. The summed E-state index contributed by atoms with van der Waals surface area (Å²) in [5.41, 5.74) is 0.724. The van der Waals surface area contributed by atoms with Crippen LogP contribution in [0, 0.1) is 0 Å². The lowest BCUT2D eigenvalue weighted by molar-refractivity contribution is -0.142. The van der Waals surface area contributed by atoms with Gasteiger partial charge in [-0.25, -0.2) is 0 Å². The molecule has 5 nitrogen and oxygen atoms in total. The van der Waals surface area contributed by atoms with Gasteiger partial charge in [0.2, 0.25) is 5.91 Å². The van der Waals surface area contributed by atoms with Crippen LogP contribution in [0.3, 0.4) is 0 Å². The molecule has 0 spiro atoms. The Bertz CT molecular complexity index is 448. The van der Waals surface area contributed by atoms with Gasteiger partial charge in [-0.3, -0.25) is 14.5 Å². The molecule has 19 heavy (non-hydrogen) atoms. The number of amides is 1. The molecule has 0 aromatic heterocycles. The lowest BCUT2D eigenvalue weighted by atomic mass is 10.2. The van der Waals surface area contributed by atoms with E-state index in [9.17, 15) is 9.59 Å². The van der Waals surface area contributed by atoms with E-state index in [2.05, 4.69) is 21.2 Å². The molecule has 0 heterocycles. The standard InChI is InChI=1S/C13H17BrN2O3/c1-9(13(18)19)16(2)8-7-12(17)15-11-5-3-10(14)4-6-11/h3-6,9H,7-8H2,1-2H3,(H,15,17)(H,18,19). The zero-order valence-electron chi connectivity index (χ0n) is 10.9. The summed E-state index contributed by atoms with van der Waals surface area (Å²) < 4.78 is 0.945. The second-order valence-corrected chi connectivity index (χ2v) is 5.22. The van der Waals surface area contributed by atoms with Crippen molar-refractivity contribution in [1.29, 1.82) is 0 Å². The number of hydrogen-bond acceptors (Lipinski definition) is 3. The molecule has 2 N–H and O–H groups in total. The maximum atomic E-state index is 11.7. The fourth-order valence-corrected chi connectivity index (χ4v) is 1.68. The minimum atomic E-state index is -0.893. The van der Waals surface area contributed by atoms with Crippen LogP contribution >= 0.6 is 15.9 Å². The van der Waals surface area contributed by atoms with E-state index in [4.69, 9.17) is 5.11 Å². The third-order valence-corrected chi connectivity index (χ3v) is 3.37. The molecule has 0 aliphatic rings. The summed E-state index contributed by atoms with van der Waals surface area (Å²) in [5, 5.41) is 11.6. The van der Waals surface area contributed by atoms with E-state index in [1.54, 1.807) is 31.0 Å². The van der Waals surface area contributed by atoms with Crippen LogP contribution in [0.1, 0.15) is 13.3 Å². The summed E-state index contributed by atoms with van der Waals surface area (Å²) in [7, 11) is 1.69. The van der Waals surface area contributed by atoms with Gasteiger partial charge in [-0.15, -0.1) is 0 Å². The number of carboxylic acid groups (broad SMARTS) is 1. The molecule has 1 atom stereocenters. The van der Waals surface area contributed by atoms with Crippen LogP contribution in [0.25, 0.3) is 0 Å². The number of carbonyl (C=O) groups is 2. The Morgan fingerprint density at radius 1 is 1.37 bits per heavy atom. The monoisotopic (exact) mass is 328 g/mol. The molecule has 1 aromatic carbocycles. The number of benzene rings is 1. The van der Waals surface area contributed by atoms with Gasteiger partial charge in [0.15, 0.2) is 0 Å². The zero-order chi connectivity index (χ0) is 14.4. The van der Waals surface area contributed by atoms with Crippen LogP contribution in [0.15, 0.2) is 28.7 Å². The molecular formula is C13H17BrN2O3. The Morgan fingerprint density at radius 2 is 1.95 bits per heavy atom. The fourth-order valence-electron chi connectivity index (χ4n) is 1.42. The van der Waals surface area contributed by atoms with E-state index in [0.717, 1.165) is 10.2 Å². The van der Waals surface area contributed by atoms with Gasteiger partial charge >= 0.3 is 5.97 Å². The number of rotatable bonds is 6. The number of carbonyl (C=O) groups excluding carboxylic acids is 1. The van der Waals surface area contributed by atoms with Crippen molar-refractivity contribution in [3.63, 3.8) is 0 Å². The van der Waals surface area contributed by atoms with Crippen LogP contribution in [-0.2, 0) is 9.59 Å². The van der Waals surface area contributed by atoms with Crippen LogP contribution in [-0.4, -0.2) is 41.5 Å². The number of anilines is 1. The SMILES string of the molecule is CC(C(=O)O)N(C)CCC(=O)Nc1ccc(Br)cc1. The number of nitrogens with zero attached hydrogens (tertiary/aromatic N) is 1. The number of hydrogen-bond donors (Lipinski definition) is 2. The lowest BCUT2D eigenvalue weighted by Gasteiger charge is -2.20. The van der Waals surface area contributed by atoms with Crippen molar-refractivity contribution in [2.45, 2.75) is 19.4 Å². The number of likely N-dealkylation sites (N-methyl/N-ethyl adjacent to an activating group) is 1. The molecule has 0 bridgehead atoms. The Hall–Kier alpha value is -1.40. The first-order valence-electron chi connectivity index (χ1n) is 5.88. The zero-order valence-corrected chi connectivity index (χ0v) is 12.5. The Labute approximate surface area is 120 Å². The van der Waals surface area contributed by atoms with Gasteiger partial charge < -0.3 is 10.4 Å². The Balaban J connectivity index is 2.39. The van der Waals surface area contributed by atoms with Crippen LogP contribution < -0.4 is 5.32 Å². The summed E-state index contributed by atoms with van der Waals surface area (Å²) in [6.45, 7) is 1.99. The van der Waals surface area contributed by atoms with Crippen molar-refractivity contribution in [3.05, 3.63) is 28.7 Å². The summed E-state index contributed by atoms with van der Waals surface area (Å²) >= 11 is 3.32. The Kier molecular flexibility index (Phi) is 5.98. The maximum absolute atomic E-state index is 11.7.